The molecule has 1 aromatic rings. The number of carbonyl (C=O) groups excluding carboxylic acids is 1. The van der Waals surface area contributed by atoms with Crippen molar-refractivity contribution in [2.24, 2.45) is 0 Å². The molecule has 0 radical (unpaired) electrons. The minimum Gasteiger partial charge on any atom is -0.382 e. The Balaban J connectivity index is 2.31. The zero-order valence-electron chi connectivity index (χ0n) is 8.01. The van der Waals surface area contributed by atoms with Crippen LogP contribution in [0, 0.1) is 0 Å². The lowest BCUT2D eigenvalue weighted by Gasteiger charge is -2.07. The van der Waals surface area contributed by atoms with E-state index in [1.807, 2.05) is 24.3 Å². The Labute approximate surface area is 88.5 Å². The van der Waals surface area contributed by atoms with Crippen LogP contribution in [0.3, 0.4) is 0 Å². The van der Waals surface area contributed by atoms with Crippen LogP contribution in [-0.2, 0) is 4.79 Å². The highest BCUT2D eigenvalue weighted by Gasteiger charge is 1.96. The number of amides is 1. The molecule has 76 valence electrons. The van der Waals surface area contributed by atoms with E-state index in [-0.39, 0.29) is 5.91 Å². The molecule has 0 aromatic heterocycles. The van der Waals surface area contributed by atoms with Crippen molar-refractivity contribution in [3.63, 3.8) is 0 Å². The molecule has 0 saturated carbocycles. The molecule has 0 aliphatic heterocycles. The van der Waals surface area contributed by atoms with Crippen LogP contribution in [0.2, 0.25) is 5.02 Å². The molecule has 0 fully saturated rings. The standard InChI is InChI=1S/C10H13ClN2O/c1-8(14)12-6-7-13-10-5-3-2-4-9(10)11/h2-5,13H,6-7H2,1H3,(H,12,14). The van der Waals surface area contributed by atoms with Crippen molar-refractivity contribution in [3.8, 4) is 0 Å². The number of hydrogen-bond acceptors (Lipinski definition) is 2. The predicted molar refractivity (Wildman–Crippen MR) is 58.6 cm³/mol. The Morgan fingerprint density at radius 2 is 2.07 bits per heavy atom. The largest absolute Gasteiger partial charge is 0.382 e. The van der Waals surface area contributed by atoms with Gasteiger partial charge in [0.15, 0.2) is 0 Å². The van der Waals surface area contributed by atoms with E-state index >= 15 is 0 Å². The molecule has 0 saturated heterocycles. The SMILES string of the molecule is CC(=O)NCCNc1ccccc1Cl. The second-order valence-electron chi connectivity index (χ2n) is 2.89. The first-order chi connectivity index (χ1) is 6.70. The van der Waals surface area contributed by atoms with Crippen LogP contribution in [0.15, 0.2) is 24.3 Å². The van der Waals surface area contributed by atoms with Crippen LogP contribution in [0.25, 0.3) is 0 Å². The van der Waals surface area contributed by atoms with E-state index in [0.29, 0.717) is 18.1 Å². The summed E-state index contributed by atoms with van der Waals surface area (Å²) in [6.07, 6.45) is 0. The van der Waals surface area contributed by atoms with Gasteiger partial charge >= 0.3 is 0 Å². The summed E-state index contributed by atoms with van der Waals surface area (Å²) in [7, 11) is 0. The minimum absolute atomic E-state index is 0.0223. The Morgan fingerprint density at radius 3 is 2.71 bits per heavy atom. The maximum absolute atomic E-state index is 10.6. The van der Waals surface area contributed by atoms with Crippen LogP contribution in [-0.4, -0.2) is 19.0 Å². The molecule has 2 N–H and O–H groups in total. The molecule has 0 unspecified atom stereocenters. The first-order valence-corrected chi connectivity index (χ1v) is 4.81. The summed E-state index contributed by atoms with van der Waals surface area (Å²) in [6.45, 7) is 2.76. The zero-order valence-corrected chi connectivity index (χ0v) is 8.77. The predicted octanol–water partition coefficient (Wildman–Crippen LogP) is 1.89. The fourth-order valence-electron chi connectivity index (χ4n) is 1.04. The van der Waals surface area contributed by atoms with Crippen molar-refractivity contribution in [3.05, 3.63) is 29.3 Å². The summed E-state index contributed by atoms with van der Waals surface area (Å²) in [5, 5.41) is 6.50. The van der Waals surface area contributed by atoms with Gasteiger partial charge in [0.05, 0.1) is 10.7 Å². The van der Waals surface area contributed by atoms with Crippen LogP contribution in [0.4, 0.5) is 5.69 Å². The fourth-order valence-corrected chi connectivity index (χ4v) is 1.24. The summed E-state index contributed by atoms with van der Waals surface area (Å²) in [4.78, 5) is 10.6. The molecule has 1 aromatic carbocycles. The van der Waals surface area contributed by atoms with Gasteiger partial charge in [-0.05, 0) is 12.1 Å². The smallest absolute Gasteiger partial charge is 0.216 e. The third-order valence-electron chi connectivity index (χ3n) is 1.69. The van der Waals surface area contributed by atoms with E-state index in [4.69, 9.17) is 11.6 Å². The number of rotatable bonds is 4. The van der Waals surface area contributed by atoms with Gasteiger partial charge in [0, 0.05) is 20.0 Å². The lowest BCUT2D eigenvalue weighted by molar-refractivity contribution is -0.118. The molecule has 14 heavy (non-hydrogen) atoms. The average molecular weight is 213 g/mol. The third kappa shape index (κ3) is 3.66. The number of nitrogens with one attached hydrogen (secondary N) is 2. The molecule has 0 heterocycles. The van der Waals surface area contributed by atoms with Gasteiger partial charge in [0.2, 0.25) is 5.91 Å². The van der Waals surface area contributed by atoms with Crippen molar-refractivity contribution in [2.45, 2.75) is 6.92 Å². The number of benzene rings is 1. The Hall–Kier alpha value is -1.22. The maximum atomic E-state index is 10.6. The monoisotopic (exact) mass is 212 g/mol. The number of anilines is 1. The molecular formula is C10H13ClN2O. The number of hydrogen-bond donors (Lipinski definition) is 2. The topological polar surface area (TPSA) is 41.1 Å². The van der Waals surface area contributed by atoms with Crippen molar-refractivity contribution in [2.75, 3.05) is 18.4 Å². The van der Waals surface area contributed by atoms with E-state index in [1.165, 1.54) is 6.92 Å². The van der Waals surface area contributed by atoms with E-state index in [0.717, 1.165) is 5.69 Å². The van der Waals surface area contributed by atoms with E-state index in [2.05, 4.69) is 10.6 Å². The van der Waals surface area contributed by atoms with Gasteiger partial charge in [0.25, 0.3) is 0 Å². The summed E-state index contributed by atoms with van der Waals surface area (Å²) in [5.74, 6) is -0.0223. The normalized spacial score (nSPS) is 9.57. The Kier molecular flexibility index (Phi) is 4.26. The first kappa shape index (κ1) is 10.9. The highest BCUT2D eigenvalue weighted by atomic mass is 35.5. The molecule has 1 rings (SSSR count). The van der Waals surface area contributed by atoms with Gasteiger partial charge < -0.3 is 10.6 Å². The lowest BCUT2D eigenvalue weighted by Crippen LogP contribution is -2.26. The second-order valence-corrected chi connectivity index (χ2v) is 3.30. The fraction of sp³-hybridized carbons (Fsp3) is 0.300. The van der Waals surface area contributed by atoms with Crippen molar-refractivity contribution >= 4 is 23.2 Å². The maximum Gasteiger partial charge on any atom is 0.216 e. The van der Waals surface area contributed by atoms with Crippen molar-refractivity contribution in [1.82, 2.24) is 5.32 Å². The molecule has 0 aliphatic carbocycles. The van der Waals surface area contributed by atoms with Gasteiger partial charge in [-0.3, -0.25) is 4.79 Å². The molecular weight excluding hydrogens is 200 g/mol. The Bertz CT molecular complexity index is 315. The van der Waals surface area contributed by atoms with Crippen LogP contribution < -0.4 is 10.6 Å². The third-order valence-corrected chi connectivity index (χ3v) is 2.02. The molecule has 0 aliphatic rings. The Morgan fingerprint density at radius 1 is 1.36 bits per heavy atom. The number of carbonyl (C=O) groups is 1. The summed E-state index contributed by atoms with van der Waals surface area (Å²) in [6, 6.07) is 7.51. The van der Waals surface area contributed by atoms with Gasteiger partial charge in [-0.25, -0.2) is 0 Å². The molecule has 4 heteroatoms. The van der Waals surface area contributed by atoms with Gasteiger partial charge in [-0.1, -0.05) is 23.7 Å². The van der Waals surface area contributed by atoms with Crippen LogP contribution in [0.5, 0.6) is 0 Å². The minimum atomic E-state index is -0.0223. The highest BCUT2D eigenvalue weighted by Crippen LogP contribution is 2.19. The lowest BCUT2D eigenvalue weighted by atomic mass is 10.3. The quantitative estimate of drug-likeness (QED) is 0.749. The molecule has 0 bridgehead atoms. The van der Waals surface area contributed by atoms with Gasteiger partial charge in [-0.15, -0.1) is 0 Å². The van der Waals surface area contributed by atoms with Crippen molar-refractivity contribution < 1.29 is 4.79 Å². The zero-order chi connectivity index (χ0) is 10.4. The van der Waals surface area contributed by atoms with Gasteiger partial charge in [-0.2, -0.15) is 0 Å². The molecule has 0 atom stereocenters. The highest BCUT2D eigenvalue weighted by molar-refractivity contribution is 6.33. The first-order valence-electron chi connectivity index (χ1n) is 4.43. The number of para-hydroxylation sites is 1. The summed E-state index contributed by atoms with van der Waals surface area (Å²) < 4.78 is 0. The van der Waals surface area contributed by atoms with Crippen LogP contribution >= 0.6 is 11.6 Å². The summed E-state index contributed by atoms with van der Waals surface area (Å²) >= 11 is 5.92. The molecule has 1 amide bonds. The molecule has 0 spiro atoms. The van der Waals surface area contributed by atoms with E-state index in [9.17, 15) is 4.79 Å². The average Bonchev–Trinajstić information content (AvgIpc) is 2.15. The van der Waals surface area contributed by atoms with E-state index in [1.54, 1.807) is 0 Å². The second kappa shape index (κ2) is 5.50. The summed E-state index contributed by atoms with van der Waals surface area (Å²) in [5.41, 5.74) is 0.888. The van der Waals surface area contributed by atoms with Crippen molar-refractivity contribution in [1.29, 1.82) is 0 Å². The molecule has 3 nitrogen and oxygen atoms in total. The van der Waals surface area contributed by atoms with Crippen LogP contribution in [0.1, 0.15) is 6.92 Å². The number of halogens is 1. The van der Waals surface area contributed by atoms with Gasteiger partial charge in [0.1, 0.15) is 0 Å². The van der Waals surface area contributed by atoms with E-state index < -0.39 is 0 Å².